The van der Waals surface area contributed by atoms with Crippen molar-refractivity contribution in [2.45, 2.75) is 26.4 Å². The zero-order valence-corrected chi connectivity index (χ0v) is 12.3. The Morgan fingerprint density at radius 1 is 1.20 bits per heavy atom. The van der Waals surface area contributed by atoms with Gasteiger partial charge in [0.15, 0.2) is 0 Å². The van der Waals surface area contributed by atoms with Crippen molar-refractivity contribution in [3.05, 3.63) is 57.7 Å². The Morgan fingerprint density at radius 3 is 2.75 bits per heavy atom. The van der Waals surface area contributed by atoms with E-state index in [9.17, 15) is 5.11 Å². The van der Waals surface area contributed by atoms with Crippen LogP contribution in [0.2, 0.25) is 0 Å². The minimum absolute atomic E-state index is 0.537. The van der Waals surface area contributed by atoms with Crippen LogP contribution in [0.25, 0.3) is 10.9 Å². The summed E-state index contributed by atoms with van der Waals surface area (Å²) in [5.41, 5.74) is 2.79. The number of pyridine rings is 1. The standard InChI is InChI=1S/C16H16N2OS/c1-10-11(2)20-15(18-10)9-14(19)13-7-3-5-12-6-4-8-17-16(12)13/h3-8,14,19H,9H2,1-2H3. The maximum Gasteiger partial charge on any atom is 0.0960 e. The van der Waals surface area contributed by atoms with Gasteiger partial charge in [0, 0.05) is 28.4 Å². The van der Waals surface area contributed by atoms with Crippen LogP contribution in [0.5, 0.6) is 0 Å². The average molecular weight is 284 g/mol. The van der Waals surface area contributed by atoms with Crippen molar-refractivity contribution in [3.8, 4) is 0 Å². The highest BCUT2D eigenvalue weighted by Gasteiger charge is 2.15. The van der Waals surface area contributed by atoms with Crippen LogP contribution in [0.3, 0.4) is 0 Å². The van der Waals surface area contributed by atoms with E-state index in [1.807, 2.05) is 37.3 Å². The molecule has 1 N–H and O–H groups in total. The van der Waals surface area contributed by atoms with Gasteiger partial charge in [-0.1, -0.05) is 24.3 Å². The quantitative estimate of drug-likeness (QED) is 0.799. The molecule has 3 nitrogen and oxygen atoms in total. The summed E-state index contributed by atoms with van der Waals surface area (Å²) in [5, 5.41) is 12.5. The molecular formula is C16H16N2OS. The number of aliphatic hydroxyl groups excluding tert-OH is 1. The molecule has 1 aromatic carbocycles. The zero-order valence-electron chi connectivity index (χ0n) is 11.5. The van der Waals surface area contributed by atoms with Gasteiger partial charge in [0.2, 0.25) is 0 Å². The summed E-state index contributed by atoms with van der Waals surface area (Å²) in [5.74, 6) is 0. The fourth-order valence-electron chi connectivity index (χ4n) is 2.30. The maximum absolute atomic E-state index is 10.5. The van der Waals surface area contributed by atoms with Gasteiger partial charge in [0.05, 0.1) is 22.3 Å². The number of hydrogen-bond donors (Lipinski definition) is 1. The molecule has 1 atom stereocenters. The number of thiazole rings is 1. The normalized spacial score (nSPS) is 12.8. The van der Waals surface area contributed by atoms with Crippen molar-refractivity contribution < 1.29 is 5.11 Å². The molecule has 2 heterocycles. The number of nitrogens with zero attached hydrogens (tertiary/aromatic N) is 2. The molecule has 0 radical (unpaired) electrons. The van der Waals surface area contributed by atoms with Crippen molar-refractivity contribution in [1.29, 1.82) is 0 Å². The third-order valence-corrected chi connectivity index (χ3v) is 4.56. The van der Waals surface area contributed by atoms with E-state index in [0.717, 1.165) is 27.2 Å². The first kappa shape index (κ1) is 13.2. The van der Waals surface area contributed by atoms with E-state index in [2.05, 4.69) is 16.9 Å². The second-order valence-electron chi connectivity index (χ2n) is 4.89. The van der Waals surface area contributed by atoms with Crippen LogP contribution in [0, 0.1) is 13.8 Å². The van der Waals surface area contributed by atoms with Crippen molar-refractivity contribution in [3.63, 3.8) is 0 Å². The van der Waals surface area contributed by atoms with E-state index >= 15 is 0 Å². The highest BCUT2D eigenvalue weighted by molar-refractivity contribution is 7.11. The first-order chi connectivity index (χ1) is 9.65. The third-order valence-electron chi connectivity index (χ3n) is 3.46. The highest BCUT2D eigenvalue weighted by Crippen LogP contribution is 2.27. The summed E-state index contributed by atoms with van der Waals surface area (Å²) >= 11 is 1.65. The van der Waals surface area contributed by atoms with Crippen molar-refractivity contribution in [1.82, 2.24) is 9.97 Å². The summed E-state index contributed by atoms with van der Waals surface area (Å²) in [6, 6.07) is 9.83. The van der Waals surface area contributed by atoms with Gasteiger partial charge in [-0.25, -0.2) is 4.98 Å². The van der Waals surface area contributed by atoms with Crippen LogP contribution in [0.1, 0.15) is 27.2 Å². The first-order valence-electron chi connectivity index (χ1n) is 6.60. The predicted octanol–water partition coefficient (Wildman–Crippen LogP) is 3.58. The Labute approximate surface area is 122 Å². The van der Waals surface area contributed by atoms with E-state index < -0.39 is 6.10 Å². The number of hydrogen-bond acceptors (Lipinski definition) is 4. The molecule has 0 aliphatic carbocycles. The molecule has 20 heavy (non-hydrogen) atoms. The molecule has 0 aliphatic rings. The smallest absolute Gasteiger partial charge is 0.0960 e. The second kappa shape index (κ2) is 5.31. The number of aryl methyl sites for hydroxylation is 2. The van der Waals surface area contributed by atoms with E-state index in [1.165, 1.54) is 4.88 Å². The molecule has 0 amide bonds. The second-order valence-corrected chi connectivity index (χ2v) is 6.18. The lowest BCUT2D eigenvalue weighted by Gasteiger charge is -2.11. The van der Waals surface area contributed by atoms with E-state index in [-0.39, 0.29) is 0 Å². The van der Waals surface area contributed by atoms with Crippen molar-refractivity contribution in [2.24, 2.45) is 0 Å². The molecule has 0 saturated carbocycles. The lowest BCUT2D eigenvalue weighted by Crippen LogP contribution is -2.03. The molecule has 3 aromatic rings. The predicted molar refractivity (Wildman–Crippen MR) is 82.0 cm³/mol. The lowest BCUT2D eigenvalue weighted by atomic mass is 10.0. The van der Waals surface area contributed by atoms with E-state index in [4.69, 9.17) is 0 Å². The van der Waals surface area contributed by atoms with Crippen molar-refractivity contribution in [2.75, 3.05) is 0 Å². The van der Waals surface area contributed by atoms with Crippen LogP contribution in [0.4, 0.5) is 0 Å². The summed E-state index contributed by atoms with van der Waals surface area (Å²) in [6.07, 6.45) is 1.73. The minimum Gasteiger partial charge on any atom is -0.388 e. The Morgan fingerprint density at radius 2 is 2.00 bits per heavy atom. The van der Waals surface area contributed by atoms with Gasteiger partial charge in [-0.3, -0.25) is 4.98 Å². The Balaban J connectivity index is 1.94. The minimum atomic E-state index is -0.571. The topological polar surface area (TPSA) is 46.0 Å². The van der Waals surface area contributed by atoms with E-state index in [0.29, 0.717) is 6.42 Å². The van der Waals surface area contributed by atoms with Gasteiger partial charge in [-0.15, -0.1) is 11.3 Å². The molecule has 3 rings (SSSR count). The van der Waals surface area contributed by atoms with Gasteiger partial charge in [-0.05, 0) is 19.9 Å². The Hall–Kier alpha value is -1.78. The highest BCUT2D eigenvalue weighted by atomic mass is 32.1. The Kier molecular flexibility index (Phi) is 3.51. The van der Waals surface area contributed by atoms with Crippen molar-refractivity contribution >= 4 is 22.2 Å². The zero-order chi connectivity index (χ0) is 14.1. The molecular weight excluding hydrogens is 268 g/mol. The fraction of sp³-hybridized carbons (Fsp3) is 0.250. The van der Waals surface area contributed by atoms with Gasteiger partial charge in [0.25, 0.3) is 0 Å². The van der Waals surface area contributed by atoms with Gasteiger partial charge < -0.3 is 5.11 Å². The molecule has 0 bridgehead atoms. The molecule has 2 aromatic heterocycles. The number of benzene rings is 1. The molecule has 0 saturated heterocycles. The van der Waals surface area contributed by atoms with Crippen LogP contribution in [-0.4, -0.2) is 15.1 Å². The van der Waals surface area contributed by atoms with Crippen LogP contribution >= 0.6 is 11.3 Å². The first-order valence-corrected chi connectivity index (χ1v) is 7.41. The lowest BCUT2D eigenvalue weighted by molar-refractivity contribution is 0.179. The molecule has 0 fully saturated rings. The van der Waals surface area contributed by atoms with Crippen LogP contribution in [-0.2, 0) is 6.42 Å². The number of para-hydroxylation sites is 1. The van der Waals surface area contributed by atoms with Gasteiger partial charge >= 0.3 is 0 Å². The summed E-state index contributed by atoms with van der Waals surface area (Å²) in [4.78, 5) is 10.1. The number of aliphatic hydroxyl groups is 1. The molecule has 4 heteroatoms. The Bertz CT molecular complexity index is 726. The summed E-state index contributed by atoms with van der Waals surface area (Å²) < 4.78 is 0. The fourth-order valence-corrected chi connectivity index (χ4v) is 3.27. The summed E-state index contributed by atoms with van der Waals surface area (Å²) in [7, 11) is 0. The average Bonchev–Trinajstić information content (AvgIpc) is 2.76. The molecule has 102 valence electrons. The maximum atomic E-state index is 10.5. The monoisotopic (exact) mass is 284 g/mol. The summed E-state index contributed by atoms with van der Waals surface area (Å²) in [6.45, 7) is 4.06. The number of rotatable bonds is 3. The third kappa shape index (κ3) is 2.44. The largest absolute Gasteiger partial charge is 0.388 e. The van der Waals surface area contributed by atoms with E-state index in [1.54, 1.807) is 17.5 Å². The number of aromatic nitrogens is 2. The van der Waals surface area contributed by atoms with Gasteiger partial charge in [0.1, 0.15) is 0 Å². The van der Waals surface area contributed by atoms with Gasteiger partial charge in [-0.2, -0.15) is 0 Å². The number of fused-ring (bicyclic) bond motifs is 1. The molecule has 0 aliphatic heterocycles. The molecule has 1 unspecified atom stereocenters. The molecule has 0 spiro atoms. The SMILES string of the molecule is Cc1nc(CC(O)c2cccc3cccnc23)sc1C. The van der Waals surface area contributed by atoms with Crippen LogP contribution < -0.4 is 0 Å². The van der Waals surface area contributed by atoms with Crippen LogP contribution in [0.15, 0.2) is 36.5 Å².